The molecule has 2 saturated carbocycles. The third-order valence-corrected chi connectivity index (χ3v) is 5.48. The van der Waals surface area contributed by atoms with Crippen LogP contribution in [-0.4, -0.2) is 11.6 Å². The Hall–Kier alpha value is -0.530. The van der Waals surface area contributed by atoms with Crippen molar-refractivity contribution in [2.75, 3.05) is 0 Å². The highest BCUT2D eigenvalue weighted by Crippen LogP contribution is 2.54. The third-order valence-electron chi connectivity index (χ3n) is 5.48. The minimum Gasteiger partial charge on any atom is -0.459 e. The van der Waals surface area contributed by atoms with Crippen molar-refractivity contribution in [1.82, 2.24) is 0 Å². The maximum absolute atomic E-state index is 12.7. The van der Waals surface area contributed by atoms with Crippen LogP contribution in [0.15, 0.2) is 0 Å². The van der Waals surface area contributed by atoms with Crippen molar-refractivity contribution in [3.63, 3.8) is 0 Å². The van der Waals surface area contributed by atoms with Crippen LogP contribution >= 0.6 is 0 Å². The second-order valence-corrected chi connectivity index (χ2v) is 6.59. The second kappa shape index (κ2) is 5.85. The molecule has 0 aliphatic heterocycles. The van der Waals surface area contributed by atoms with Crippen molar-refractivity contribution in [1.29, 1.82) is 0 Å². The van der Waals surface area contributed by atoms with Gasteiger partial charge in [0, 0.05) is 0 Å². The SMILES string of the molecule is CCCCC(CC)(CC)OC(=O)C12[CH]CC(CC1)C2. The molecule has 0 aromatic carbocycles. The van der Waals surface area contributed by atoms with Crippen LogP contribution in [0.3, 0.4) is 0 Å². The molecule has 2 aliphatic carbocycles. The fourth-order valence-corrected chi connectivity index (χ4v) is 3.82. The molecule has 0 saturated heterocycles. The molecular formula is C17H29O2. The van der Waals surface area contributed by atoms with Crippen LogP contribution in [0.2, 0.25) is 0 Å². The summed E-state index contributed by atoms with van der Waals surface area (Å²) in [5.41, 5.74) is -0.428. The Morgan fingerprint density at radius 1 is 1.37 bits per heavy atom. The number of carbonyl (C=O) groups excluding carboxylic acids is 1. The quantitative estimate of drug-likeness (QED) is 0.625. The van der Waals surface area contributed by atoms with Gasteiger partial charge in [0.1, 0.15) is 5.60 Å². The van der Waals surface area contributed by atoms with Crippen LogP contribution in [0.1, 0.15) is 78.6 Å². The molecule has 0 N–H and O–H groups in total. The first-order chi connectivity index (χ1) is 9.10. The zero-order valence-corrected chi connectivity index (χ0v) is 12.8. The van der Waals surface area contributed by atoms with Gasteiger partial charge in [0.05, 0.1) is 5.41 Å². The minimum absolute atomic E-state index is 0.0762. The molecule has 19 heavy (non-hydrogen) atoms. The third kappa shape index (κ3) is 2.83. The molecule has 0 aromatic heterocycles. The van der Waals surface area contributed by atoms with Gasteiger partial charge in [-0.2, -0.15) is 0 Å². The molecule has 2 fully saturated rings. The summed E-state index contributed by atoms with van der Waals surface area (Å²) in [6, 6.07) is 0. The van der Waals surface area contributed by atoms with E-state index < -0.39 is 0 Å². The molecule has 0 heterocycles. The van der Waals surface area contributed by atoms with Crippen LogP contribution in [0.5, 0.6) is 0 Å². The Balaban J connectivity index is 2.02. The lowest BCUT2D eigenvalue weighted by atomic mass is 9.83. The first-order valence-corrected chi connectivity index (χ1v) is 8.17. The van der Waals surface area contributed by atoms with Gasteiger partial charge in [-0.25, -0.2) is 0 Å². The van der Waals surface area contributed by atoms with Gasteiger partial charge in [0.15, 0.2) is 0 Å². The lowest BCUT2D eigenvalue weighted by molar-refractivity contribution is -0.172. The molecule has 0 aromatic rings. The first-order valence-electron chi connectivity index (χ1n) is 8.17. The maximum Gasteiger partial charge on any atom is 0.312 e. The summed E-state index contributed by atoms with van der Waals surface area (Å²) in [6.07, 6.45) is 11.9. The molecule has 2 atom stereocenters. The maximum atomic E-state index is 12.7. The summed E-state index contributed by atoms with van der Waals surface area (Å²) in [6.45, 7) is 6.50. The molecule has 0 amide bonds. The van der Waals surface area contributed by atoms with Crippen LogP contribution in [0.25, 0.3) is 0 Å². The van der Waals surface area contributed by atoms with E-state index in [0.717, 1.165) is 50.9 Å². The normalized spacial score (nSPS) is 29.7. The van der Waals surface area contributed by atoms with E-state index in [1.54, 1.807) is 0 Å². The van der Waals surface area contributed by atoms with Crippen LogP contribution in [0.4, 0.5) is 0 Å². The molecule has 2 unspecified atom stereocenters. The van der Waals surface area contributed by atoms with E-state index in [2.05, 4.69) is 27.2 Å². The van der Waals surface area contributed by atoms with E-state index in [0.29, 0.717) is 0 Å². The Morgan fingerprint density at radius 2 is 2.11 bits per heavy atom. The van der Waals surface area contributed by atoms with E-state index in [1.165, 1.54) is 12.8 Å². The lowest BCUT2D eigenvalue weighted by Crippen LogP contribution is -2.40. The van der Waals surface area contributed by atoms with E-state index in [9.17, 15) is 4.79 Å². The average Bonchev–Trinajstić information content (AvgIpc) is 3.05. The molecule has 2 bridgehead atoms. The molecule has 109 valence electrons. The lowest BCUT2D eigenvalue weighted by Gasteiger charge is -2.36. The van der Waals surface area contributed by atoms with Crippen molar-refractivity contribution in [3.05, 3.63) is 6.42 Å². The van der Waals surface area contributed by atoms with Gasteiger partial charge in [0.2, 0.25) is 0 Å². The number of hydrogen-bond donors (Lipinski definition) is 0. The van der Waals surface area contributed by atoms with Gasteiger partial charge in [-0.15, -0.1) is 0 Å². The van der Waals surface area contributed by atoms with Gasteiger partial charge < -0.3 is 4.74 Å². The number of carbonyl (C=O) groups is 1. The molecule has 2 rings (SSSR count). The number of unbranched alkanes of at least 4 members (excludes halogenated alkanes) is 1. The number of hydrogen-bond acceptors (Lipinski definition) is 2. The molecule has 2 aliphatic rings. The largest absolute Gasteiger partial charge is 0.459 e. The zero-order valence-electron chi connectivity index (χ0n) is 12.8. The molecule has 0 spiro atoms. The van der Waals surface area contributed by atoms with Gasteiger partial charge in [-0.05, 0) is 63.7 Å². The van der Waals surface area contributed by atoms with Crippen molar-refractivity contribution >= 4 is 5.97 Å². The van der Waals surface area contributed by atoms with Gasteiger partial charge in [-0.3, -0.25) is 4.79 Å². The summed E-state index contributed by atoms with van der Waals surface area (Å²) < 4.78 is 6.07. The predicted molar refractivity (Wildman–Crippen MR) is 77.6 cm³/mol. The van der Waals surface area contributed by atoms with Crippen molar-refractivity contribution in [2.45, 2.75) is 84.2 Å². The molecular weight excluding hydrogens is 236 g/mol. The Kier molecular flexibility index (Phi) is 4.58. The van der Waals surface area contributed by atoms with Crippen molar-refractivity contribution in [3.8, 4) is 0 Å². The molecule has 2 heteroatoms. The van der Waals surface area contributed by atoms with E-state index >= 15 is 0 Å². The highest BCUT2D eigenvalue weighted by molar-refractivity contribution is 5.80. The highest BCUT2D eigenvalue weighted by atomic mass is 16.6. The molecule has 1 radical (unpaired) electrons. The first kappa shape index (κ1) is 14.9. The zero-order chi connectivity index (χ0) is 13.9. The van der Waals surface area contributed by atoms with Crippen LogP contribution < -0.4 is 0 Å². The summed E-state index contributed by atoms with van der Waals surface area (Å²) in [4.78, 5) is 12.7. The summed E-state index contributed by atoms with van der Waals surface area (Å²) >= 11 is 0. The fraction of sp³-hybridized carbons (Fsp3) is 0.882. The number of ether oxygens (including phenoxy) is 1. The average molecular weight is 265 g/mol. The van der Waals surface area contributed by atoms with Gasteiger partial charge >= 0.3 is 5.97 Å². The van der Waals surface area contributed by atoms with Crippen LogP contribution in [-0.2, 0) is 9.53 Å². The second-order valence-electron chi connectivity index (χ2n) is 6.59. The van der Waals surface area contributed by atoms with Crippen molar-refractivity contribution in [2.24, 2.45) is 11.3 Å². The summed E-state index contributed by atoms with van der Waals surface area (Å²) in [5, 5.41) is 0. The Morgan fingerprint density at radius 3 is 2.53 bits per heavy atom. The highest BCUT2D eigenvalue weighted by Gasteiger charge is 2.52. The Labute approximate surface area is 118 Å². The van der Waals surface area contributed by atoms with Crippen LogP contribution in [0, 0.1) is 17.8 Å². The van der Waals surface area contributed by atoms with E-state index in [-0.39, 0.29) is 17.0 Å². The van der Waals surface area contributed by atoms with E-state index in [1.807, 2.05) is 0 Å². The van der Waals surface area contributed by atoms with Gasteiger partial charge in [0.25, 0.3) is 0 Å². The van der Waals surface area contributed by atoms with Crippen molar-refractivity contribution < 1.29 is 9.53 Å². The molecule has 2 nitrogen and oxygen atoms in total. The number of esters is 1. The topological polar surface area (TPSA) is 26.3 Å². The minimum atomic E-state index is -0.216. The monoisotopic (exact) mass is 265 g/mol. The standard InChI is InChI=1S/C17H29O2/c1-4-7-10-17(5-2,6-3)19-15(18)16-11-8-14(13-16)9-12-16/h11,14H,4-10,12-13H2,1-3H3. The van der Waals surface area contributed by atoms with E-state index in [4.69, 9.17) is 4.74 Å². The van der Waals surface area contributed by atoms with Gasteiger partial charge in [-0.1, -0.05) is 27.2 Å². The number of rotatable bonds is 7. The fourth-order valence-electron chi connectivity index (χ4n) is 3.82. The Bertz CT molecular complexity index is 309. The summed E-state index contributed by atoms with van der Waals surface area (Å²) in [5.74, 6) is 0.827. The summed E-state index contributed by atoms with van der Waals surface area (Å²) in [7, 11) is 0. The smallest absolute Gasteiger partial charge is 0.312 e. The number of fused-ring (bicyclic) bond motifs is 2. The predicted octanol–water partition coefficient (Wildman–Crippen LogP) is 4.67.